The van der Waals surface area contributed by atoms with Crippen molar-refractivity contribution in [3.63, 3.8) is 0 Å². The van der Waals surface area contributed by atoms with E-state index in [2.05, 4.69) is 4.98 Å². The van der Waals surface area contributed by atoms with E-state index in [0.717, 1.165) is 0 Å². The van der Waals surface area contributed by atoms with Gasteiger partial charge in [0.15, 0.2) is 17.9 Å². The molecule has 2 heterocycles. The summed E-state index contributed by atoms with van der Waals surface area (Å²) in [5.41, 5.74) is 4.12. The molecule has 0 spiro atoms. The highest BCUT2D eigenvalue weighted by atomic mass is 19.1. The fourth-order valence-electron chi connectivity index (χ4n) is 1.95. The molecule has 112 valence electrons. The first-order chi connectivity index (χ1) is 9.36. The molecule has 0 amide bonds. The molecule has 0 radical (unpaired) electrons. The van der Waals surface area contributed by atoms with E-state index in [1.165, 1.54) is 0 Å². The number of aromatic nitrogens is 2. The topological polar surface area (TPSA) is 151 Å². The Balaban J connectivity index is 2.41. The molecule has 2 rings (SSSR count). The van der Waals surface area contributed by atoms with Gasteiger partial charge in [0, 0.05) is 0 Å². The van der Waals surface area contributed by atoms with Crippen LogP contribution in [0.2, 0.25) is 0 Å². The van der Waals surface area contributed by atoms with Gasteiger partial charge in [-0.25, -0.2) is 9.18 Å². The van der Waals surface area contributed by atoms with Gasteiger partial charge in [-0.1, -0.05) is 0 Å². The number of halogens is 1. The molecule has 20 heavy (non-hydrogen) atoms. The summed E-state index contributed by atoms with van der Waals surface area (Å²) in [5.74, 6) is -1.63. The first kappa shape index (κ1) is 14.8. The summed E-state index contributed by atoms with van der Waals surface area (Å²) < 4.78 is 19.0. The number of nitrogens with zero attached hydrogens (tertiary/aromatic N) is 2. The largest absolute Gasteiger partial charge is 0.394 e. The molecule has 1 aliphatic heterocycles. The molecule has 1 aromatic heterocycles. The third-order valence-electron chi connectivity index (χ3n) is 3.08. The Labute approximate surface area is 111 Å². The number of hydrogen-bond donors (Lipinski definition) is 5. The van der Waals surface area contributed by atoms with Crippen LogP contribution < -0.4 is 11.4 Å². The quantitative estimate of drug-likeness (QED) is 0.385. The van der Waals surface area contributed by atoms with Crippen molar-refractivity contribution in [3.8, 4) is 0 Å². The highest BCUT2D eigenvalue weighted by Gasteiger charge is 2.44. The summed E-state index contributed by atoms with van der Waals surface area (Å²) in [6.45, 7) is -0.666. The lowest BCUT2D eigenvalue weighted by Crippen LogP contribution is -2.57. The molecule has 1 unspecified atom stereocenters. The molecule has 6 N–H and O–H groups in total. The van der Waals surface area contributed by atoms with E-state index in [1.807, 2.05) is 0 Å². The smallest absolute Gasteiger partial charge is 0.351 e. The van der Waals surface area contributed by atoms with Crippen molar-refractivity contribution in [2.24, 2.45) is 0 Å². The molecule has 1 aromatic rings. The van der Waals surface area contributed by atoms with Gasteiger partial charge in [-0.15, -0.1) is 0 Å². The van der Waals surface area contributed by atoms with Crippen molar-refractivity contribution in [1.29, 1.82) is 0 Å². The molecule has 0 aliphatic carbocycles. The fraction of sp³-hybridized carbons (Fsp3) is 0.600. The van der Waals surface area contributed by atoms with E-state index in [9.17, 15) is 24.5 Å². The van der Waals surface area contributed by atoms with Gasteiger partial charge in [0.25, 0.3) is 0 Å². The van der Waals surface area contributed by atoms with Crippen LogP contribution in [0.3, 0.4) is 0 Å². The minimum Gasteiger partial charge on any atom is -0.394 e. The van der Waals surface area contributed by atoms with E-state index in [4.69, 9.17) is 15.6 Å². The third-order valence-corrected chi connectivity index (χ3v) is 3.08. The van der Waals surface area contributed by atoms with Crippen LogP contribution in [-0.2, 0) is 4.74 Å². The van der Waals surface area contributed by atoms with Crippen molar-refractivity contribution in [3.05, 3.63) is 22.5 Å². The van der Waals surface area contributed by atoms with Gasteiger partial charge in [-0.3, -0.25) is 4.57 Å². The summed E-state index contributed by atoms with van der Waals surface area (Å²) in [4.78, 5) is 14.8. The van der Waals surface area contributed by atoms with Gasteiger partial charge in [0.05, 0.1) is 12.8 Å². The second-order valence-corrected chi connectivity index (χ2v) is 4.38. The second kappa shape index (κ2) is 5.42. The van der Waals surface area contributed by atoms with Crippen LogP contribution in [0.1, 0.15) is 6.23 Å². The third kappa shape index (κ3) is 2.39. The van der Waals surface area contributed by atoms with Gasteiger partial charge >= 0.3 is 5.69 Å². The Morgan fingerprint density at radius 2 is 2.00 bits per heavy atom. The number of rotatable bonds is 2. The summed E-state index contributed by atoms with van der Waals surface area (Å²) in [6, 6.07) is 0. The minimum atomic E-state index is -1.71. The molecular formula is C10H14FN3O6. The molecule has 10 heteroatoms. The maximum absolute atomic E-state index is 13.3. The standard InChI is InChI=1S/C10H14FN3O6/c11-3-1-14(10(19)13-8(3)12)9-7(18)6(17)5(16)4(2-15)20-9/h1,4-7,9,15-18H,2H2,(H2,12,13,19)/t4-,5+,6+,7-,9?/m1/s1. The van der Waals surface area contributed by atoms with Crippen molar-refractivity contribution < 1.29 is 29.6 Å². The Bertz CT molecular complexity index is 550. The summed E-state index contributed by atoms with van der Waals surface area (Å²) in [6.07, 6.45) is -7.04. The molecule has 0 aromatic carbocycles. The number of anilines is 1. The van der Waals surface area contributed by atoms with Crippen molar-refractivity contribution in [1.82, 2.24) is 9.55 Å². The van der Waals surface area contributed by atoms with E-state index >= 15 is 0 Å². The van der Waals surface area contributed by atoms with Crippen LogP contribution >= 0.6 is 0 Å². The molecule has 1 aliphatic rings. The SMILES string of the molecule is Nc1nc(=O)n(C2O[C@H](CO)[C@H](O)[C@H](O)[C@H]2O)cc1F. The molecule has 1 fully saturated rings. The lowest BCUT2D eigenvalue weighted by molar-refractivity contribution is -0.252. The number of aliphatic hydroxyl groups is 4. The van der Waals surface area contributed by atoms with Gasteiger partial charge in [-0.2, -0.15) is 4.98 Å². The Morgan fingerprint density at radius 1 is 1.35 bits per heavy atom. The number of aliphatic hydroxyl groups excluding tert-OH is 4. The minimum absolute atomic E-state index is 0.591. The van der Waals surface area contributed by atoms with Crippen molar-refractivity contribution in [2.45, 2.75) is 30.6 Å². The summed E-state index contributed by atoms with van der Waals surface area (Å²) >= 11 is 0. The predicted molar refractivity (Wildman–Crippen MR) is 61.9 cm³/mol. The predicted octanol–water partition coefficient (Wildman–Crippen LogP) is -3.06. The first-order valence-electron chi connectivity index (χ1n) is 5.71. The average Bonchev–Trinajstić information content (AvgIpc) is 2.41. The molecule has 9 nitrogen and oxygen atoms in total. The van der Waals surface area contributed by atoms with Crippen LogP contribution in [0, 0.1) is 5.82 Å². The maximum atomic E-state index is 13.3. The van der Waals surface area contributed by atoms with Gasteiger partial charge in [0.2, 0.25) is 0 Å². The second-order valence-electron chi connectivity index (χ2n) is 4.38. The fourth-order valence-corrected chi connectivity index (χ4v) is 1.95. The maximum Gasteiger partial charge on any atom is 0.351 e. The molecule has 0 bridgehead atoms. The van der Waals surface area contributed by atoms with E-state index in [-0.39, 0.29) is 0 Å². The Kier molecular flexibility index (Phi) is 4.01. The van der Waals surface area contributed by atoms with Crippen molar-refractivity contribution in [2.75, 3.05) is 12.3 Å². The zero-order valence-corrected chi connectivity index (χ0v) is 10.1. The van der Waals surface area contributed by atoms with Crippen LogP contribution in [0.5, 0.6) is 0 Å². The van der Waals surface area contributed by atoms with Gasteiger partial charge in [-0.05, 0) is 0 Å². The lowest BCUT2D eigenvalue weighted by Gasteiger charge is -2.40. The Morgan fingerprint density at radius 3 is 2.60 bits per heavy atom. The van der Waals surface area contributed by atoms with Crippen LogP contribution in [0.4, 0.5) is 10.2 Å². The van der Waals surface area contributed by atoms with E-state index in [1.54, 1.807) is 0 Å². The first-order valence-corrected chi connectivity index (χ1v) is 5.71. The number of ether oxygens (including phenoxy) is 1. The highest BCUT2D eigenvalue weighted by Crippen LogP contribution is 2.27. The monoisotopic (exact) mass is 291 g/mol. The summed E-state index contributed by atoms with van der Waals surface area (Å²) in [7, 11) is 0. The lowest BCUT2D eigenvalue weighted by atomic mass is 9.98. The van der Waals surface area contributed by atoms with E-state index in [0.29, 0.717) is 10.8 Å². The highest BCUT2D eigenvalue weighted by molar-refractivity contribution is 5.26. The van der Waals surface area contributed by atoms with E-state index < -0.39 is 54.6 Å². The van der Waals surface area contributed by atoms with Crippen molar-refractivity contribution >= 4 is 5.82 Å². The molecule has 0 saturated carbocycles. The number of nitrogens with two attached hydrogens (primary N) is 1. The number of hydrogen-bond acceptors (Lipinski definition) is 8. The molecular weight excluding hydrogens is 277 g/mol. The summed E-state index contributed by atoms with van der Waals surface area (Å²) in [5, 5.41) is 38.0. The number of nitrogen functional groups attached to an aromatic ring is 1. The van der Waals surface area contributed by atoms with Crippen LogP contribution in [0.15, 0.2) is 11.0 Å². The normalized spacial score (nSPS) is 34.1. The zero-order valence-electron chi connectivity index (χ0n) is 10.1. The van der Waals surface area contributed by atoms with Crippen LogP contribution in [-0.4, -0.2) is 61.0 Å². The molecule has 1 saturated heterocycles. The average molecular weight is 291 g/mol. The Hall–Kier alpha value is -1.59. The zero-order chi connectivity index (χ0) is 15.0. The van der Waals surface area contributed by atoms with Gasteiger partial charge in [0.1, 0.15) is 24.4 Å². The van der Waals surface area contributed by atoms with Gasteiger partial charge < -0.3 is 30.9 Å². The van der Waals surface area contributed by atoms with Crippen LogP contribution in [0.25, 0.3) is 0 Å². The molecule has 5 atom stereocenters.